The lowest BCUT2D eigenvalue weighted by atomic mass is 9.90. The Morgan fingerprint density at radius 2 is 1.75 bits per heavy atom. The Morgan fingerprint density at radius 3 is 2.50 bits per heavy atom. The number of carbonyl (C=O) groups excluding carboxylic acids is 2. The molecule has 1 spiro atoms. The molecule has 4 aliphatic heterocycles. The van der Waals surface area contributed by atoms with E-state index in [-0.39, 0.29) is 11.8 Å². The van der Waals surface area contributed by atoms with Gasteiger partial charge in [0.1, 0.15) is 11.4 Å². The zero-order valence-corrected chi connectivity index (χ0v) is 20.3. The molecule has 0 atom stereocenters. The molecule has 2 aromatic rings. The highest BCUT2D eigenvalue weighted by molar-refractivity contribution is 6.15. The standard InChI is InChI=1S/C28H31N5O3/c34-26(21-5-6-21)32-15-18(16-32)17-33-25(30-28(27(33)35)9-11-36-12-10-28)20-3-1-19(2-4-20)22-7-8-24-23(13-22)14-29-31-24/h1-4,7-8,13,18,21,29,31H,5-6,9-12,14-17H2. The van der Waals surface area contributed by atoms with Crippen molar-refractivity contribution in [2.45, 2.75) is 37.8 Å². The summed E-state index contributed by atoms with van der Waals surface area (Å²) in [6, 6.07) is 14.8. The summed E-state index contributed by atoms with van der Waals surface area (Å²) in [5, 5.41) is 0. The molecule has 5 aliphatic rings. The third kappa shape index (κ3) is 3.71. The molecule has 0 unspecified atom stereocenters. The first-order valence-electron chi connectivity index (χ1n) is 13.1. The molecule has 1 aliphatic carbocycles. The smallest absolute Gasteiger partial charge is 0.256 e. The molecule has 8 heteroatoms. The molecule has 8 nitrogen and oxygen atoms in total. The minimum Gasteiger partial charge on any atom is -0.381 e. The molecule has 4 heterocycles. The van der Waals surface area contributed by atoms with Crippen LogP contribution in [0, 0.1) is 11.8 Å². The van der Waals surface area contributed by atoms with Gasteiger partial charge in [0.15, 0.2) is 0 Å². The number of hydrogen-bond acceptors (Lipinski definition) is 6. The summed E-state index contributed by atoms with van der Waals surface area (Å²) in [5.74, 6) is 1.70. The third-order valence-electron chi connectivity index (χ3n) is 8.26. The fourth-order valence-electron chi connectivity index (χ4n) is 5.88. The number of anilines is 1. The maximum absolute atomic E-state index is 13.7. The van der Waals surface area contributed by atoms with E-state index >= 15 is 0 Å². The summed E-state index contributed by atoms with van der Waals surface area (Å²) < 4.78 is 5.57. The number of rotatable bonds is 5. The van der Waals surface area contributed by atoms with Gasteiger partial charge in [-0.25, -0.2) is 5.43 Å². The molecule has 0 bridgehead atoms. The molecule has 186 valence electrons. The molecule has 2 amide bonds. The van der Waals surface area contributed by atoms with Crippen molar-refractivity contribution in [1.82, 2.24) is 15.2 Å². The highest BCUT2D eigenvalue weighted by Crippen LogP contribution is 2.37. The molecule has 2 aromatic carbocycles. The maximum atomic E-state index is 13.7. The Hall–Kier alpha value is -3.23. The van der Waals surface area contributed by atoms with Crippen LogP contribution in [0.2, 0.25) is 0 Å². The SMILES string of the molecule is O=C(C1CC1)N1CC(CN2C(=O)C3(CCOCC3)N=C2c2ccc(-c3ccc4c(c3)CNN4)cc2)C1. The van der Waals surface area contributed by atoms with Gasteiger partial charge in [-0.2, -0.15) is 0 Å². The van der Waals surface area contributed by atoms with Gasteiger partial charge >= 0.3 is 0 Å². The zero-order chi connectivity index (χ0) is 24.3. The second-order valence-corrected chi connectivity index (χ2v) is 10.8. The van der Waals surface area contributed by atoms with Gasteiger partial charge in [-0.05, 0) is 41.7 Å². The van der Waals surface area contributed by atoms with E-state index in [4.69, 9.17) is 9.73 Å². The zero-order valence-electron chi connectivity index (χ0n) is 20.3. The molecule has 0 radical (unpaired) electrons. The molecular weight excluding hydrogens is 454 g/mol. The Kier molecular flexibility index (Phi) is 5.15. The fourth-order valence-corrected chi connectivity index (χ4v) is 5.88. The number of amidine groups is 1. The average molecular weight is 486 g/mol. The monoisotopic (exact) mass is 485 g/mol. The van der Waals surface area contributed by atoms with E-state index in [1.54, 1.807) is 0 Å². The molecule has 0 aromatic heterocycles. The van der Waals surface area contributed by atoms with E-state index in [0.29, 0.717) is 44.4 Å². The maximum Gasteiger partial charge on any atom is 0.256 e. The summed E-state index contributed by atoms with van der Waals surface area (Å²) in [7, 11) is 0. The van der Waals surface area contributed by atoms with Gasteiger partial charge in [0.05, 0.1) is 5.69 Å². The van der Waals surface area contributed by atoms with Gasteiger partial charge in [-0.3, -0.25) is 19.5 Å². The number of hydrogen-bond donors (Lipinski definition) is 2. The molecule has 36 heavy (non-hydrogen) atoms. The lowest BCUT2D eigenvalue weighted by Gasteiger charge is -2.41. The van der Waals surface area contributed by atoms with Gasteiger partial charge in [0, 0.05) is 69.6 Å². The Morgan fingerprint density at radius 1 is 1.03 bits per heavy atom. The summed E-state index contributed by atoms with van der Waals surface area (Å²) in [5.41, 5.74) is 11.3. The Labute approximate surface area is 210 Å². The number of likely N-dealkylation sites (tertiary alicyclic amines) is 1. The molecule has 3 fully saturated rings. The van der Waals surface area contributed by atoms with Gasteiger partial charge in [-0.1, -0.05) is 30.3 Å². The summed E-state index contributed by atoms with van der Waals surface area (Å²) in [6.45, 7) is 4.02. The Bertz CT molecular complexity index is 1240. The van der Waals surface area contributed by atoms with Gasteiger partial charge < -0.3 is 15.1 Å². The number of nitrogens with zero attached hydrogens (tertiary/aromatic N) is 3. The van der Waals surface area contributed by atoms with Gasteiger partial charge in [0.2, 0.25) is 5.91 Å². The molecule has 2 N–H and O–H groups in total. The van der Waals surface area contributed by atoms with E-state index in [9.17, 15) is 9.59 Å². The molecule has 1 saturated carbocycles. The first kappa shape index (κ1) is 22.0. The fraction of sp³-hybridized carbons (Fsp3) is 0.464. The second kappa shape index (κ2) is 8.42. The predicted molar refractivity (Wildman–Crippen MR) is 136 cm³/mol. The lowest BCUT2D eigenvalue weighted by molar-refractivity contribution is -0.140. The number of ether oxygens (including phenoxy) is 1. The topological polar surface area (TPSA) is 86.3 Å². The number of amides is 2. The predicted octanol–water partition coefficient (Wildman–Crippen LogP) is 2.79. The van der Waals surface area contributed by atoms with E-state index in [1.807, 2.05) is 9.80 Å². The van der Waals surface area contributed by atoms with Crippen LogP contribution in [-0.2, 0) is 20.9 Å². The average Bonchev–Trinajstić information content (AvgIpc) is 3.58. The van der Waals surface area contributed by atoms with E-state index in [0.717, 1.165) is 55.1 Å². The number of hydrazine groups is 1. The molecule has 2 saturated heterocycles. The third-order valence-corrected chi connectivity index (χ3v) is 8.26. The van der Waals surface area contributed by atoms with Crippen molar-refractivity contribution in [1.29, 1.82) is 0 Å². The number of nitrogens with one attached hydrogen (secondary N) is 2. The van der Waals surface area contributed by atoms with Crippen LogP contribution in [0.25, 0.3) is 11.1 Å². The van der Waals surface area contributed by atoms with Crippen molar-refractivity contribution >= 4 is 23.3 Å². The van der Waals surface area contributed by atoms with Crippen LogP contribution in [0.5, 0.6) is 0 Å². The van der Waals surface area contributed by atoms with Crippen molar-refractivity contribution in [3.63, 3.8) is 0 Å². The molecule has 7 rings (SSSR count). The minimum absolute atomic E-state index is 0.0930. The minimum atomic E-state index is -0.709. The Balaban J connectivity index is 1.13. The first-order valence-corrected chi connectivity index (χ1v) is 13.1. The number of fused-ring (bicyclic) bond motifs is 1. The van der Waals surface area contributed by atoms with E-state index in [1.165, 1.54) is 11.1 Å². The van der Waals surface area contributed by atoms with Crippen LogP contribution in [-0.4, -0.2) is 65.8 Å². The van der Waals surface area contributed by atoms with Crippen molar-refractivity contribution in [2.75, 3.05) is 38.3 Å². The lowest BCUT2D eigenvalue weighted by Crippen LogP contribution is -2.56. The quantitative estimate of drug-likeness (QED) is 0.680. The first-order chi connectivity index (χ1) is 17.6. The van der Waals surface area contributed by atoms with E-state index in [2.05, 4.69) is 53.3 Å². The summed E-state index contributed by atoms with van der Waals surface area (Å²) in [6.07, 6.45) is 3.30. The van der Waals surface area contributed by atoms with Crippen LogP contribution in [0.15, 0.2) is 47.5 Å². The van der Waals surface area contributed by atoms with Crippen LogP contribution in [0.4, 0.5) is 5.69 Å². The van der Waals surface area contributed by atoms with Crippen LogP contribution < -0.4 is 10.9 Å². The normalized spacial score (nSPS) is 22.9. The number of benzene rings is 2. The molecular formula is C28H31N5O3. The summed E-state index contributed by atoms with van der Waals surface area (Å²) in [4.78, 5) is 35.0. The highest BCUT2D eigenvalue weighted by atomic mass is 16.5. The largest absolute Gasteiger partial charge is 0.381 e. The highest BCUT2D eigenvalue weighted by Gasteiger charge is 2.50. The van der Waals surface area contributed by atoms with Crippen LogP contribution in [0.1, 0.15) is 36.8 Å². The van der Waals surface area contributed by atoms with Crippen molar-refractivity contribution < 1.29 is 14.3 Å². The van der Waals surface area contributed by atoms with Crippen LogP contribution >= 0.6 is 0 Å². The van der Waals surface area contributed by atoms with E-state index < -0.39 is 5.54 Å². The second-order valence-electron chi connectivity index (χ2n) is 10.8. The van der Waals surface area contributed by atoms with Crippen molar-refractivity contribution in [2.24, 2.45) is 16.8 Å². The van der Waals surface area contributed by atoms with Crippen molar-refractivity contribution in [3.8, 4) is 11.1 Å². The van der Waals surface area contributed by atoms with Gasteiger partial charge in [-0.15, -0.1) is 0 Å². The van der Waals surface area contributed by atoms with Crippen LogP contribution in [0.3, 0.4) is 0 Å². The number of carbonyl (C=O) groups is 2. The summed E-state index contributed by atoms with van der Waals surface area (Å²) >= 11 is 0. The van der Waals surface area contributed by atoms with Gasteiger partial charge in [0.25, 0.3) is 5.91 Å². The van der Waals surface area contributed by atoms with Crippen molar-refractivity contribution in [3.05, 3.63) is 53.6 Å². The number of aliphatic imine (C=N–C) groups is 1.